The van der Waals surface area contributed by atoms with Gasteiger partial charge in [-0.25, -0.2) is 4.79 Å². The molecule has 2 rings (SSSR count). The molecule has 118 valence electrons. The summed E-state index contributed by atoms with van der Waals surface area (Å²) in [5.74, 6) is -1.42. The van der Waals surface area contributed by atoms with Crippen LogP contribution in [0.25, 0.3) is 0 Å². The zero-order valence-corrected chi connectivity index (χ0v) is 13.0. The van der Waals surface area contributed by atoms with Crippen molar-refractivity contribution < 1.29 is 23.9 Å². The molecule has 6 nitrogen and oxygen atoms in total. The summed E-state index contributed by atoms with van der Waals surface area (Å²) >= 11 is 0. The van der Waals surface area contributed by atoms with Crippen LogP contribution in [-0.2, 0) is 19.1 Å². The molecule has 6 heteroatoms. The molecular formula is C15H23NO5. The van der Waals surface area contributed by atoms with Gasteiger partial charge in [-0.15, -0.1) is 0 Å². The van der Waals surface area contributed by atoms with Crippen molar-refractivity contribution in [2.45, 2.75) is 64.6 Å². The summed E-state index contributed by atoms with van der Waals surface area (Å²) in [6.07, 6.45) is 1.20. The number of fused-ring (bicyclic) bond motifs is 2. The summed E-state index contributed by atoms with van der Waals surface area (Å²) in [4.78, 5) is 38.1. The number of ketones is 1. The molecule has 3 unspecified atom stereocenters. The van der Waals surface area contributed by atoms with Gasteiger partial charge in [-0.2, -0.15) is 0 Å². The molecule has 0 N–H and O–H groups in total. The number of piperidine rings is 1. The minimum absolute atomic E-state index is 0.114. The molecule has 2 saturated heterocycles. The van der Waals surface area contributed by atoms with Gasteiger partial charge in [-0.05, 0) is 47.0 Å². The molecule has 0 aromatic heterocycles. The van der Waals surface area contributed by atoms with Crippen LogP contribution in [0, 0.1) is 5.92 Å². The second-order valence-electron chi connectivity index (χ2n) is 6.58. The SMILES string of the molecule is CCOC(=O)C1CC2CCC(C1=O)N2C(=O)OC(C)(C)C. The Kier molecular flexibility index (Phi) is 4.25. The van der Waals surface area contributed by atoms with Gasteiger partial charge in [0.05, 0.1) is 12.6 Å². The molecule has 2 aliphatic heterocycles. The lowest BCUT2D eigenvalue weighted by Gasteiger charge is -2.37. The number of carbonyl (C=O) groups is 3. The van der Waals surface area contributed by atoms with Crippen molar-refractivity contribution in [2.75, 3.05) is 6.61 Å². The van der Waals surface area contributed by atoms with E-state index in [1.807, 2.05) is 0 Å². The Morgan fingerprint density at radius 2 is 1.95 bits per heavy atom. The van der Waals surface area contributed by atoms with Crippen LogP contribution in [-0.4, -0.2) is 47.0 Å². The predicted octanol–water partition coefficient (Wildman–Crippen LogP) is 1.91. The van der Waals surface area contributed by atoms with E-state index in [4.69, 9.17) is 9.47 Å². The maximum atomic E-state index is 12.4. The summed E-state index contributed by atoms with van der Waals surface area (Å²) < 4.78 is 10.3. The molecule has 0 spiro atoms. The second-order valence-corrected chi connectivity index (χ2v) is 6.58. The third-order valence-corrected chi connectivity index (χ3v) is 3.86. The minimum atomic E-state index is -0.735. The molecule has 0 radical (unpaired) electrons. The predicted molar refractivity (Wildman–Crippen MR) is 74.6 cm³/mol. The summed E-state index contributed by atoms with van der Waals surface area (Å²) in [6, 6.07) is -0.662. The standard InChI is InChI=1S/C15H23NO5/c1-5-20-13(18)10-8-9-6-7-11(12(10)17)16(9)14(19)21-15(2,3)4/h9-11H,5-8H2,1-4H3. The molecule has 2 heterocycles. The third kappa shape index (κ3) is 3.19. The first kappa shape index (κ1) is 15.8. The molecule has 1 amide bonds. The Hall–Kier alpha value is -1.59. The molecule has 2 bridgehead atoms. The lowest BCUT2D eigenvalue weighted by molar-refractivity contribution is -0.155. The van der Waals surface area contributed by atoms with Crippen LogP contribution in [0.5, 0.6) is 0 Å². The summed E-state index contributed by atoms with van der Waals surface area (Å²) in [5.41, 5.74) is -0.600. The van der Waals surface area contributed by atoms with Crippen molar-refractivity contribution in [1.82, 2.24) is 4.90 Å². The zero-order chi connectivity index (χ0) is 15.8. The molecule has 2 aliphatic rings. The van der Waals surface area contributed by atoms with E-state index in [1.165, 1.54) is 4.90 Å². The van der Waals surface area contributed by atoms with E-state index in [9.17, 15) is 14.4 Å². The van der Waals surface area contributed by atoms with Gasteiger partial charge in [-0.3, -0.25) is 14.5 Å². The average Bonchev–Trinajstić information content (AvgIpc) is 2.69. The molecule has 0 aromatic rings. The molecule has 0 aromatic carbocycles. The van der Waals surface area contributed by atoms with Gasteiger partial charge in [0.25, 0.3) is 0 Å². The first-order valence-corrected chi connectivity index (χ1v) is 7.46. The van der Waals surface area contributed by atoms with Crippen molar-refractivity contribution in [2.24, 2.45) is 5.92 Å². The fraction of sp³-hybridized carbons (Fsp3) is 0.800. The molecule has 0 saturated carbocycles. The minimum Gasteiger partial charge on any atom is -0.465 e. The van der Waals surface area contributed by atoms with Crippen molar-refractivity contribution in [1.29, 1.82) is 0 Å². The average molecular weight is 297 g/mol. The summed E-state index contributed by atoms with van der Waals surface area (Å²) in [7, 11) is 0. The summed E-state index contributed by atoms with van der Waals surface area (Å²) in [6.45, 7) is 7.35. The second kappa shape index (κ2) is 5.66. The molecule has 2 fully saturated rings. The molecule has 3 atom stereocenters. The van der Waals surface area contributed by atoms with Crippen molar-refractivity contribution in [3.05, 3.63) is 0 Å². The fourth-order valence-electron chi connectivity index (χ4n) is 3.06. The highest BCUT2D eigenvalue weighted by Crippen LogP contribution is 2.38. The van der Waals surface area contributed by atoms with E-state index < -0.39 is 29.6 Å². The molecule has 0 aliphatic carbocycles. The van der Waals surface area contributed by atoms with Crippen LogP contribution in [0.1, 0.15) is 47.0 Å². The Morgan fingerprint density at radius 1 is 1.29 bits per heavy atom. The number of amides is 1. The van der Waals surface area contributed by atoms with E-state index in [2.05, 4.69) is 0 Å². The normalized spacial score (nSPS) is 28.5. The first-order valence-electron chi connectivity index (χ1n) is 7.46. The Bertz CT molecular complexity index is 453. The number of esters is 1. The van der Waals surface area contributed by atoms with Gasteiger partial charge in [0.2, 0.25) is 0 Å². The smallest absolute Gasteiger partial charge is 0.411 e. The van der Waals surface area contributed by atoms with Gasteiger partial charge in [0.1, 0.15) is 11.5 Å². The van der Waals surface area contributed by atoms with E-state index in [-0.39, 0.29) is 18.4 Å². The molecule has 21 heavy (non-hydrogen) atoms. The van der Waals surface area contributed by atoms with Crippen LogP contribution < -0.4 is 0 Å². The molecular weight excluding hydrogens is 274 g/mol. The Labute approximate surface area is 124 Å². The summed E-state index contributed by atoms with van der Waals surface area (Å²) in [5, 5.41) is 0. The van der Waals surface area contributed by atoms with Crippen LogP contribution >= 0.6 is 0 Å². The van der Waals surface area contributed by atoms with Gasteiger partial charge in [-0.1, -0.05) is 0 Å². The quantitative estimate of drug-likeness (QED) is 0.575. The number of hydrogen-bond acceptors (Lipinski definition) is 5. The van der Waals surface area contributed by atoms with Gasteiger partial charge in [0.15, 0.2) is 5.78 Å². The fourth-order valence-corrected chi connectivity index (χ4v) is 3.06. The Morgan fingerprint density at radius 3 is 2.52 bits per heavy atom. The van der Waals surface area contributed by atoms with Gasteiger partial charge >= 0.3 is 12.1 Å². The van der Waals surface area contributed by atoms with E-state index in [0.717, 1.165) is 6.42 Å². The number of ether oxygens (including phenoxy) is 2. The number of rotatable bonds is 2. The maximum absolute atomic E-state index is 12.4. The maximum Gasteiger partial charge on any atom is 0.411 e. The van der Waals surface area contributed by atoms with E-state index >= 15 is 0 Å². The topological polar surface area (TPSA) is 72.9 Å². The van der Waals surface area contributed by atoms with Crippen LogP contribution in [0.2, 0.25) is 0 Å². The first-order chi connectivity index (χ1) is 9.74. The monoisotopic (exact) mass is 297 g/mol. The number of hydrogen-bond donors (Lipinski definition) is 0. The Balaban J connectivity index is 2.12. The van der Waals surface area contributed by atoms with Gasteiger partial charge < -0.3 is 9.47 Å². The van der Waals surface area contributed by atoms with Crippen molar-refractivity contribution in [3.8, 4) is 0 Å². The number of carbonyl (C=O) groups excluding carboxylic acids is 3. The largest absolute Gasteiger partial charge is 0.465 e. The van der Waals surface area contributed by atoms with Crippen molar-refractivity contribution in [3.63, 3.8) is 0 Å². The lowest BCUT2D eigenvalue weighted by atomic mass is 9.89. The van der Waals surface area contributed by atoms with Gasteiger partial charge in [0, 0.05) is 6.04 Å². The third-order valence-electron chi connectivity index (χ3n) is 3.86. The van der Waals surface area contributed by atoms with Crippen LogP contribution in [0.4, 0.5) is 4.79 Å². The zero-order valence-electron chi connectivity index (χ0n) is 13.0. The van der Waals surface area contributed by atoms with E-state index in [1.54, 1.807) is 27.7 Å². The van der Waals surface area contributed by atoms with Crippen molar-refractivity contribution >= 4 is 17.8 Å². The van der Waals surface area contributed by atoms with E-state index in [0.29, 0.717) is 12.8 Å². The number of Topliss-reactive ketones (excluding diaryl/α,β-unsaturated/α-hetero) is 1. The highest BCUT2D eigenvalue weighted by molar-refractivity contribution is 6.04. The lowest BCUT2D eigenvalue weighted by Crippen LogP contribution is -2.54. The van der Waals surface area contributed by atoms with Crippen LogP contribution in [0.15, 0.2) is 0 Å². The number of nitrogens with zero attached hydrogens (tertiary/aromatic N) is 1. The highest BCUT2D eigenvalue weighted by Gasteiger charge is 2.52. The van der Waals surface area contributed by atoms with Crippen LogP contribution in [0.3, 0.4) is 0 Å². The highest BCUT2D eigenvalue weighted by atomic mass is 16.6.